The summed E-state index contributed by atoms with van der Waals surface area (Å²) >= 11 is 0. The van der Waals surface area contributed by atoms with Crippen molar-refractivity contribution in [2.45, 2.75) is 50.2 Å². The number of aliphatic hydroxyl groups is 1. The molecule has 1 saturated carbocycles. The van der Waals surface area contributed by atoms with E-state index in [4.69, 9.17) is 4.74 Å². The predicted molar refractivity (Wildman–Crippen MR) is 42.4 cm³/mol. The van der Waals surface area contributed by atoms with Gasteiger partial charge in [-0.25, -0.2) is 0 Å². The summed E-state index contributed by atoms with van der Waals surface area (Å²) in [5.41, 5.74) is -0.375. The van der Waals surface area contributed by atoms with Crippen molar-refractivity contribution in [2.75, 3.05) is 6.61 Å². The van der Waals surface area contributed by atoms with Crippen molar-refractivity contribution in [3.63, 3.8) is 0 Å². The Morgan fingerprint density at radius 1 is 1.27 bits per heavy atom. The van der Waals surface area contributed by atoms with Gasteiger partial charge in [0.1, 0.15) is 0 Å². The molecule has 1 spiro atoms. The monoisotopic (exact) mass is 156 g/mol. The highest BCUT2D eigenvalue weighted by Gasteiger charge is 2.46. The lowest BCUT2D eigenvalue weighted by molar-refractivity contribution is -0.186. The van der Waals surface area contributed by atoms with E-state index in [0.29, 0.717) is 0 Å². The molecule has 2 nitrogen and oxygen atoms in total. The van der Waals surface area contributed by atoms with E-state index in [1.165, 1.54) is 6.42 Å². The van der Waals surface area contributed by atoms with Crippen LogP contribution in [0.25, 0.3) is 0 Å². The fourth-order valence-corrected chi connectivity index (χ4v) is 2.21. The van der Waals surface area contributed by atoms with E-state index in [0.717, 1.165) is 32.3 Å². The highest BCUT2D eigenvalue weighted by atomic mass is 16.5. The molecule has 64 valence electrons. The van der Waals surface area contributed by atoms with Crippen LogP contribution in [0.3, 0.4) is 0 Å². The maximum absolute atomic E-state index is 9.80. The van der Waals surface area contributed by atoms with Crippen molar-refractivity contribution >= 4 is 0 Å². The molecule has 0 amide bonds. The molecule has 2 rings (SSSR count). The zero-order valence-electron chi connectivity index (χ0n) is 7.10. The average Bonchev–Trinajstić information content (AvgIpc) is 1.82. The number of hydrogen-bond donors (Lipinski definition) is 1. The second kappa shape index (κ2) is 2.20. The lowest BCUT2D eigenvalue weighted by atomic mass is 9.71. The normalized spacial score (nSPS) is 42.0. The summed E-state index contributed by atoms with van der Waals surface area (Å²) in [6, 6.07) is 0. The summed E-state index contributed by atoms with van der Waals surface area (Å²) in [4.78, 5) is 0. The molecular weight excluding hydrogens is 140 g/mol. The SMILES string of the molecule is CC1(O)CCOC2(CCC2)C1. The molecule has 1 aliphatic heterocycles. The third kappa shape index (κ3) is 1.30. The molecule has 2 aliphatic rings. The van der Waals surface area contributed by atoms with E-state index >= 15 is 0 Å². The zero-order chi connectivity index (χ0) is 7.95. The van der Waals surface area contributed by atoms with E-state index in [-0.39, 0.29) is 5.60 Å². The number of hydrogen-bond acceptors (Lipinski definition) is 2. The van der Waals surface area contributed by atoms with E-state index in [2.05, 4.69) is 0 Å². The van der Waals surface area contributed by atoms with Gasteiger partial charge in [-0.15, -0.1) is 0 Å². The fraction of sp³-hybridized carbons (Fsp3) is 1.00. The molecule has 1 heterocycles. The lowest BCUT2D eigenvalue weighted by Crippen LogP contribution is -2.51. The van der Waals surface area contributed by atoms with Gasteiger partial charge in [0.2, 0.25) is 0 Å². The lowest BCUT2D eigenvalue weighted by Gasteiger charge is -2.49. The van der Waals surface area contributed by atoms with Gasteiger partial charge in [0.25, 0.3) is 0 Å². The largest absolute Gasteiger partial charge is 0.390 e. The van der Waals surface area contributed by atoms with E-state index in [1.807, 2.05) is 6.92 Å². The molecule has 0 aromatic carbocycles. The predicted octanol–water partition coefficient (Wildman–Crippen LogP) is 1.47. The first-order chi connectivity index (χ1) is 5.12. The summed E-state index contributed by atoms with van der Waals surface area (Å²) in [6.45, 7) is 2.67. The van der Waals surface area contributed by atoms with Gasteiger partial charge in [-0.3, -0.25) is 0 Å². The molecule has 0 bridgehead atoms. The van der Waals surface area contributed by atoms with Crippen LogP contribution in [0.15, 0.2) is 0 Å². The van der Waals surface area contributed by atoms with Crippen LogP contribution in [0.5, 0.6) is 0 Å². The Kier molecular flexibility index (Phi) is 1.52. The van der Waals surface area contributed by atoms with Gasteiger partial charge >= 0.3 is 0 Å². The fourth-order valence-electron chi connectivity index (χ4n) is 2.21. The van der Waals surface area contributed by atoms with E-state index in [9.17, 15) is 5.11 Å². The zero-order valence-corrected chi connectivity index (χ0v) is 7.10. The minimum absolute atomic E-state index is 0.0851. The van der Waals surface area contributed by atoms with Gasteiger partial charge in [0.05, 0.1) is 17.8 Å². The maximum Gasteiger partial charge on any atom is 0.0709 e. The van der Waals surface area contributed by atoms with Crippen LogP contribution in [0.2, 0.25) is 0 Å². The average molecular weight is 156 g/mol. The molecule has 1 N–H and O–H groups in total. The van der Waals surface area contributed by atoms with Crippen LogP contribution in [0.1, 0.15) is 39.0 Å². The molecule has 2 fully saturated rings. The van der Waals surface area contributed by atoms with Crippen molar-refractivity contribution in [3.8, 4) is 0 Å². The Labute approximate surface area is 67.6 Å². The maximum atomic E-state index is 9.80. The number of rotatable bonds is 0. The van der Waals surface area contributed by atoms with Gasteiger partial charge in [-0.05, 0) is 32.6 Å². The Balaban J connectivity index is 2.03. The molecule has 1 saturated heterocycles. The van der Waals surface area contributed by atoms with E-state index < -0.39 is 5.60 Å². The van der Waals surface area contributed by atoms with Crippen molar-refractivity contribution < 1.29 is 9.84 Å². The van der Waals surface area contributed by atoms with Crippen LogP contribution < -0.4 is 0 Å². The van der Waals surface area contributed by atoms with Crippen molar-refractivity contribution in [1.29, 1.82) is 0 Å². The summed E-state index contributed by atoms with van der Waals surface area (Å²) in [6.07, 6.45) is 5.23. The molecule has 11 heavy (non-hydrogen) atoms. The molecule has 0 aromatic rings. The van der Waals surface area contributed by atoms with Gasteiger partial charge in [-0.2, -0.15) is 0 Å². The summed E-state index contributed by atoms with van der Waals surface area (Å²) in [7, 11) is 0. The minimum atomic E-state index is -0.460. The first-order valence-corrected chi connectivity index (χ1v) is 4.48. The van der Waals surface area contributed by atoms with Crippen LogP contribution >= 0.6 is 0 Å². The highest BCUT2D eigenvalue weighted by molar-refractivity contribution is 4.98. The first kappa shape index (κ1) is 7.56. The molecule has 1 unspecified atom stereocenters. The Bertz CT molecular complexity index is 159. The molecular formula is C9H16O2. The summed E-state index contributed by atoms with van der Waals surface area (Å²) in [5.74, 6) is 0. The second-order valence-electron chi connectivity index (χ2n) is 4.31. The molecule has 2 heteroatoms. The van der Waals surface area contributed by atoms with Gasteiger partial charge in [0, 0.05) is 6.42 Å². The molecule has 0 aromatic heterocycles. The van der Waals surface area contributed by atoms with Gasteiger partial charge in [-0.1, -0.05) is 0 Å². The van der Waals surface area contributed by atoms with Crippen LogP contribution in [-0.4, -0.2) is 22.9 Å². The number of ether oxygens (including phenoxy) is 1. The van der Waals surface area contributed by atoms with E-state index in [1.54, 1.807) is 0 Å². The van der Waals surface area contributed by atoms with Gasteiger partial charge < -0.3 is 9.84 Å². The molecule has 1 aliphatic carbocycles. The van der Waals surface area contributed by atoms with Crippen molar-refractivity contribution in [3.05, 3.63) is 0 Å². The Morgan fingerprint density at radius 3 is 2.36 bits per heavy atom. The molecule has 1 atom stereocenters. The first-order valence-electron chi connectivity index (χ1n) is 4.48. The van der Waals surface area contributed by atoms with Crippen LogP contribution in [-0.2, 0) is 4.74 Å². The van der Waals surface area contributed by atoms with Gasteiger partial charge in [0.15, 0.2) is 0 Å². The third-order valence-corrected chi connectivity index (χ3v) is 3.02. The summed E-state index contributed by atoms with van der Waals surface area (Å²) in [5, 5.41) is 9.80. The topological polar surface area (TPSA) is 29.5 Å². The van der Waals surface area contributed by atoms with Crippen molar-refractivity contribution in [2.24, 2.45) is 0 Å². The van der Waals surface area contributed by atoms with Crippen LogP contribution in [0, 0.1) is 0 Å². The second-order valence-corrected chi connectivity index (χ2v) is 4.31. The Hall–Kier alpha value is -0.0800. The quantitative estimate of drug-likeness (QED) is 0.575. The smallest absolute Gasteiger partial charge is 0.0709 e. The standard InChI is InChI=1S/C9H16O2/c1-8(10)5-6-11-9(7-8)3-2-4-9/h10H,2-7H2,1H3. The Morgan fingerprint density at radius 2 is 2.00 bits per heavy atom. The summed E-state index contributed by atoms with van der Waals surface area (Å²) < 4.78 is 5.68. The van der Waals surface area contributed by atoms with Crippen molar-refractivity contribution in [1.82, 2.24) is 0 Å². The third-order valence-electron chi connectivity index (χ3n) is 3.02. The minimum Gasteiger partial charge on any atom is -0.390 e. The van der Waals surface area contributed by atoms with Crippen LogP contribution in [0.4, 0.5) is 0 Å². The molecule has 0 radical (unpaired) electrons. The highest BCUT2D eigenvalue weighted by Crippen LogP contribution is 2.45.